The van der Waals surface area contributed by atoms with E-state index in [-0.39, 0.29) is 0 Å². The number of hydrogen-bond acceptors (Lipinski definition) is 2. The molecule has 4 heteroatoms. The lowest BCUT2D eigenvalue weighted by Gasteiger charge is -2.22. The van der Waals surface area contributed by atoms with Crippen LogP contribution >= 0.6 is 0 Å². The predicted octanol–water partition coefficient (Wildman–Crippen LogP) is 3.41. The summed E-state index contributed by atoms with van der Waals surface area (Å²) in [5, 5.41) is 0. The second-order valence-corrected chi connectivity index (χ2v) is 5.40. The average Bonchev–Trinajstić information content (AvgIpc) is 2.41. The first-order chi connectivity index (χ1) is 9.97. The molecule has 0 aliphatic heterocycles. The molecule has 0 saturated carbocycles. The third-order valence-electron chi connectivity index (χ3n) is 3.57. The maximum atomic E-state index is 13.7. The van der Waals surface area contributed by atoms with E-state index in [0.717, 1.165) is 12.6 Å². The molecule has 1 atom stereocenters. The van der Waals surface area contributed by atoms with Crippen LogP contribution < -0.4 is 5.73 Å². The van der Waals surface area contributed by atoms with Gasteiger partial charge in [-0.15, -0.1) is 0 Å². The Morgan fingerprint density at radius 2 is 1.86 bits per heavy atom. The Labute approximate surface area is 124 Å². The molecule has 0 saturated heterocycles. The van der Waals surface area contributed by atoms with Crippen molar-refractivity contribution in [1.29, 1.82) is 0 Å². The molecule has 2 aromatic carbocycles. The summed E-state index contributed by atoms with van der Waals surface area (Å²) in [5.74, 6) is -1.18. The second kappa shape index (κ2) is 6.78. The highest BCUT2D eigenvalue weighted by atomic mass is 19.1. The van der Waals surface area contributed by atoms with Gasteiger partial charge in [-0.25, -0.2) is 8.78 Å². The van der Waals surface area contributed by atoms with Crippen molar-refractivity contribution < 1.29 is 8.78 Å². The van der Waals surface area contributed by atoms with Crippen LogP contribution in [0.5, 0.6) is 0 Å². The summed E-state index contributed by atoms with van der Waals surface area (Å²) < 4.78 is 26.6. The lowest BCUT2D eigenvalue weighted by Crippen LogP contribution is -2.29. The maximum absolute atomic E-state index is 13.7. The van der Waals surface area contributed by atoms with E-state index in [1.54, 1.807) is 0 Å². The zero-order valence-electron chi connectivity index (χ0n) is 12.3. The van der Waals surface area contributed by atoms with Crippen molar-refractivity contribution in [1.82, 2.24) is 4.90 Å². The van der Waals surface area contributed by atoms with Crippen LogP contribution in [-0.4, -0.2) is 18.5 Å². The van der Waals surface area contributed by atoms with Crippen molar-refractivity contribution in [2.45, 2.75) is 19.5 Å². The predicted molar refractivity (Wildman–Crippen MR) is 80.8 cm³/mol. The van der Waals surface area contributed by atoms with Gasteiger partial charge in [0.15, 0.2) is 0 Å². The van der Waals surface area contributed by atoms with Gasteiger partial charge in [0.05, 0.1) is 0 Å². The van der Waals surface area contributed by atoms with E-state index in [0.29, 0.717) is 12.1 Å². The van der Waals surface area contributed by atoms with Gasteiger partial charge in [-0.05, 0) is 31.2 Å². The van der Waals surface area contributed by atoms with Gasteiger partial charge in [-0.2, -0.15) is 0 Å². The van der Waals surface area contributed by atoms with Gasteiger partial charge in [0.2, 0.25) is 0 Å². The van der Waals surface area contributed by atoms with Crippen molar-refractivity contribution in [3.05, 3.63) is 70.8 Å². The summed E-state index contributed by atoms with van der Waals surface area (Å²) >= 11 is 0. The van der Waals surface area contributed by atoms with Crippen LogP contribution in [0.2, 0.25) is 0 Å². The Kier molecular flexibility index (Phi) is 5.04. The van der Waals surface area contributed by atoms with Crippen LogP contribution in [0.4, 0.5) is 8.78 Å². The average molecular weight is 290 g/mol. The molecule has 21 heavy (non-hydrogen) atoms. The summed E-state index contributed by atoms with van der Waals surface area (Å²) in [6.45, 7) is 3.29. The van der Waals surface area contributed by atoms with Gasteiger partial charge in [0.25, 0.3) is 0 Å². The first-order valence-electron chi connectivity index (χ1n) is 6.91. The standard InChI is InChI=1S/C17H20F2N2/c1-12-5-3-4-6-13(12)10-21(2)11-17(20)15-8-7-14(18)9-16(15)19/h3-9,17H,10-11,20H2,1-2H3. The van der Waals surface area contributed by atoms with Gasteiger partial charge in [-0.1, -0.05) is 30.3 Å². The summed E-state index contributed by atoms with van der Waals surface area (Å²) in [7, 11) is 1.94. The van der Waals surface area contributed by atoms with Crippen LogP contribution in [0.25, 0.3) is 0 Å². The molecule has 1 unspecified atom stereocenters. The topological polar surface area (TPSA) is 29.3 Å². The van der Waals surface area contributed by atoms with Crippen molar-refractivity contribution in [3.63, 3.8) is 0 Å². The number of nitrogens with two attached hydrogens (primary N) is 1. The summed E-state index contributed by atoms with van der Waals surface area (Å²) in [6, 6.07) is 11.2. The number of aryl methyl sites for hydroxylation is 1. The van der Waals surface area contributed by atoms with Crippen LogP contribution in [0.15, 0.2) is 42.5 Å². The normalized spacial score (nSPS) is 12.7. The molecule has 2 nitrogen and oxygen atoms in total. The molecular weight excluding hydrogens is 270 g/mol. The third kappa shape index (κ3) is 4.09. The minimum absolute atomic E-state index is 0.341. The minimum atomic E-state index is -0.591. The second-order valence-electron chi connectivity index (χ2n) is 5.40. The van der Waals surface area contributed by atoms with E-state index in [1.165, 1.54) is 23.3 Å². The number of halogens is 2. The largest absolute Gasteiger partial charge is 0.323 e. The Bertz CT molecular complexity index is 613. The first-order valence-corrected chi connectivity index (χ1v) is 6.91. The lowest BCUT2D eigenvalue weighted by atomic mass is 10.1. The van der Waals surface area contributed by atoms with Crippen LogP contribution in [-0.2, 0) is 6.54 Å². The van der Waals surface area contributed by atoms with Gasteiger partial charge < -0.3 is 10.6 Å². The highest BCUT2D eigenvalue weighted by Crippen LogP contribution is 2.18. The molecule has 2 N–H and O–H groups in total. The molecule has 0 heterocycles. The van der Waals surface area contributed by atoms with E-state index < -0.39 is 17.7 Å². The third-order valence-corrected chi connectivity index (χ3v) is 3.57. The van der Waals surface area contributed by atoms with Gasteiger partial charge in [0, 0.05) is 30.8 Å². The summed E-state index contributed by atoms with van der Waals surface area (Å²) in [4.78, 5) is 2.04. The van der Waals surface area contributed by atoms with E-state index in [1.807, 2.05) is 24.1 Å². The highest BCUT2D eigenvalue weighted by Gasteiger charge is 2.14. The summed E-state index contributed by atoms with van der Waals surface area (Å²) in [6.07, 6.45) is 0. The molecule has 2 aromatic rings. The van der Waals surface area contributed by atoms with Gasteiger partial charge in [0.1, 0.15) is 11.6 Å². The maximum Gasteiger partial charge on any atom is 0.130 e. The number of nitrogens with zero attached hydrogens (tertiary/aromatic N) is 1. The van der Waals surface area contributed by atoms with Crippen LogP contribution in [0.3, 0.4) is 0 Å². The number of hydrogen-bond donors (Lipinski definition) is 1. The Balaban J connectivity index is 2.02. The van der Waals surface area contributed by atoms with Crippen LogP contribution in [0.1, 0.15) is 22.7 Å². The smallest absolute Gasteiger partial charge is 0.130 e. The molecule has 0 aliphatic rings. The molecule has 0 radical (unpaired) electrons. The van der Waals surface area contributed by atoms with Crippen molar-refractivity contribution in [3.8, 4) is 0 Å². The van der Waals surface area contributed by atoms with E-state index in [9.17, 15) is 8.78 Å². The first kappa shape index (κ1) is 15.6. The molecular formula is C17H20F2N2. The molecule has 0 aromatic heterocycles. The molecule has 0 spiro atoms. The Morgan fingerprint density at radius 3 is 2.52 bits per heavy atom. The number of rotatable bonds is 5. The highest BCUT2D eigenvalue weighted by molar-refractivity contribution is 5.26. The molecule has 0 aliphatic carbocycles. The van der Waals surface area contributed by atoms with E-state index >= 15 is 0 Å². The Morgan fingerprint density at radius 1 is 1.14 bits per heavy atom. The molecule has 112 valence electrons. The van der Waals surface area contributed by atoms with E-state index in [4.69, 9.17) is 5.73 Å². The monoisotopic (exact) mass is 290 g/mol. The zero-order valence-corrected chi connectivity index (χ0v) is 12.3. The fraction of sp³-hybridized carbons (Fsp3) is 0.294. The number of benzene rings is 2. The minimum Gasteiger partial charge on any atom is -0.323 e. The van der Waals surface area contributed by atoms with Crippen molar-refractivity contribution >= 4 is 0 Å². The van der Waals surface area contributed by atoms with E-state index in [2.05, 4.69) is 19.1 Å². The molecule has 2 rings (SSSR count). The van der Waals surface area contributed by atoms with Gasteiger partial charge in [-0.3, -0.25) is 0 Å². The fourth-order valence-corrected chi connectivity index (χ4v) is 2.38. The SMILES string of the molecule is Cc1ccccc1CN(C)CC(N)c1ccc(F)cc1F. The van der Waals surface area contributed by atoms with Gasteiger partial charge >= 0.3 is 0 Å². The number of likely N-dealkylation sites (N-methyl/N-ethyl adjacent to an activating group) is 1. The van der Waals surface area contributed by atoms with Crippen LogP contribution in [0, 0.1) is 18.6 Å². The molecule has 0 amide bonds. The van der Waals surface area contributed by atoms with Crippen molar-refractivity contribution in [2.24, 2.45) is 5.73 Å². The molecule has 0 bridgehead atoms. The lowest BCUT2D eigenvalue weighted by molar-refractivity contribution is 0.302. The quantitative estimate of drug-likeness (QED) is 0.914. The zero-order chi connectivity index (χ0) is 15.4. The fourth-order valence-electron chi connectivity index (χ4n) is 2.38. The van der Waals surface area contributed by atoms with Crippen molar-refractivity contribution in [2.75, 3.05) is 13.6 Å². The Hall–Kier alpha value is -1.78. The summed E-state index contributed by atoms with van der Waals surface area (Å²) in [5.41, 5.74) is 8.80. The molecule has 0 fully saturated rings.